The summed E-state index contributed by atoms with van der Waals surface area (Å²) < 4.78 is 0. The summed E-state index contributed by atoms with van der Waals surface area (Å²) in [5, 5.41) is 3.74. The number of para-hydroxylation sites is 1. The van der Waals surface area contributed by atoms with Crippen molar-refractivity contribution in [2.45, 2.75) is 0 Å². The van der Waals surface area contributed by atoms with E-state index in [0.29, 0.717) is 16.7 Å². The molecule has 0 aliphatic rings. The van der Waals surface area contributed by atoms with Crippen LogP contribution in [0, 0.1) is 0 Å². The minimum atomic E-state index is -0.257. The molecule has 2 N–H and O–H groups in total. The average molecular weight is 273 g/mol. The molecule has 0 aliphatic carbocycles. The first-order chi connectivity index (χ1) is 9.24. The van der Waals surface area contributed by atoms with Crippen LogP contribution in [0.3, 0.4) is 0 Å². The van der Waals surface area contributed by atoms with E-state index in [-0.39, 0.29) is 10.7 Å². The summed E-state index contributed by atoms with van der Waals surface area (Å²) in [5.74, 6) is 0.392. The highest BCUT2D eigenvalue weighted by molar-refractivity contribution is 6.30. The Labute approximate surface area is 113 Å². The van der Waals surface area contributed by atoms with Crippen molar-refractivity contribution in [1.82, 2.24) is 15.0 Å². The quantitative estimate of drug-likeness (QED) is 0.704. The Morgan fingerprint density at radius 2 is 2.00 bits per heavy atom. The van der Waals surface area contributed by atoms with Gasteiger partial charge < -0.3 is 10.3 Å². The summed E-state index contributed by atoms with van der Waals surface area (Å²) >= 11 is 5.94. The molecule has 1 aromatic carbocycles. The normalized spacial score (nSPS) is 10.6. The maximum Gasteiger partial charge on any atom is 0.262 e. The predicted molar refractivity (Wildman–Crippen MR) is 74.9 cm³/mol. The zero-order valence-electron chi connectivity index (χ0n) is 9.72. The Bertz CT molecular complexity index is 786. The fourth-order valence-electron chi connectivity index (χ4n) is 1.81. The van der Waals surface area contributed by atoms with Gasteiger partial charge in [-0.25, -0.2) is 9.97 Å². The van der Waals surface area contributed by atoms with Crippen LogP contribution in [0.25, 0.3) is 10.9 Å². The Morgan fingerprint density at radius 1 is 1.21 bits per heavy atom. The number of aromatic nitrogens is 3. The number of aromatic amines is 1. The molecule has 0 bridgehead atoms. The number of hydrogen-bond donors (Lipinski definition) is 2. The highest BCUT2D eigenvalue weighted by Gasteiger charge is 2.09. The molecule has 94 valence electrons. The number of benzene rings is 1. The summed E-state index contributed by atoms with van der Waals surface area (Å²) in [6.45, 7) is 0. The van der Waals surface area contributed by atoms with Crippen molar-refractivity contribution in [3.05, 3.63) is 58.2 Å². The van der Waals surface area contributed by atoms with Gasteiger partial charge in [-0.15, -0.1) is 0 Å². The van der Waals surface area contributed by atoms with E-state index in [2.05, 4.69) is 20.3 Å². The molecule has 0 saturated heterocycles. The molecule has 0 spiro atoms. The van der Waals surface area contributed by atoms with E-state index >= 15 is 0 Å². The molecule has 0 saturated carbocycles. The number of nitrogens with zero attached hydrogens (tertiary/aromatic N) is 2. The highest BCUT2D eigenvalue weighted by atomic mass is 35.5. The second kappa shape index (κ2) is 4.70. The standard InChI is InChI=1S/C13H9ClN4O/c14-10-6-9-11(13(19)16-7-15-9)12(18-10)17-8-4-2-1-3-5-8/h1-7H,(H,17,18)(H,15,16,19). The summed E-state index contributed by atoms with van der Waals surface area (Å²) in [7, 11) is 0. The number of halogens is 1. The van der Waals surface area contributed by atoms with Crippen LogP contribution < -0.4 is 10.9 Å². The lowest BCUT2D eigenvalue weighted by molar-refractivity contribution is 1.16. The Balaban J connectivity index is 2.20. The third-order valence-electron chi connectivity index (χ3n) is 2.63. The molecule has 3 rings (SSSR count). The minimum absolute atomic E-state index is 0.257. The number of rotatable bonds is 2. The molecule has 0 aliphatic heterocycles. The molecule has 19 heavy (non-hydrogen) atoms. The third kappa shape index (κ3) is 2.28. The molecule has 0 fully saturated rings. The van der Waals surface area contributed by atoms with Crippen molar-refractivity contribution in [1.29, 1.82) is 0 Å². The number of hydrogen-bond acceptors (Lipinski definition) is 4. The third-order valence-corrected chi connectivity index (χ3v) is 2.82. The van der Waals surface area contributed by atoms with Crippen LogP contribution in [0.5, 0.6) is 0 Å². The van der Waals surface area contributed by atoms with E-state index in [1.807, 2.05) is 30.3 Å². The molecule has 0 unspecified atom stereocenters. The summed E-state index contributed by atoms with van der Waals surface area (Å²) in [6, 6.07) is 11.0. The SMILES string of the molecule is O=c1[nH]cnc2cc(Cl)nc(Nc3ccccc3)c12. The summed E-state index contributed by atoms with van der Waals surface area (Å²) in [6.07, 6.45) is 1.34. The maximum absolute atomic E-state index is 11.9. The van der Waals surface area contributed by atoms with E-state index in [1.165, 1.54) is 6.33 Å². The molecule has 0 amide bonds. The molecule has 3 aromatic rings. The number of H-pyrrole nitrogens is 1. The van der Waals surface area contributed by atoms with Crippen molar-refractivity contribution < 1.29 is 0 Å². The highest BCUT2D eigenvalue weighted by Crippen LogP contribution is 2.23. The first-order valence-electron chi connectivity index (χ1n) is 5.60. The van der Waals surface area contributed by atoms with E-state index in [0.717, 1.165) is 5.69 Å². The van der Waals surface area contributed by atoms with Crippen LogP contribution in [-0.4, -0.2) is 15.0 Å². The molecular weight excluding hydrogens is 264 g/mol. The predicted octanol–water partition coefficient (Wildman–Crippen LogP) is 2.72. The van der Waals surface area contributed by atoms with Gasteiger partial charge in [0.1, 0.15) is 16.4 Å². The maximum atomic E-state index is 11.9. The smallest absolute Gasteiger partial charge is 0.262 e. The summed E-state index contributed by atoms with van der Waals surface area (Å²) in [5.41, 5.74) is 1.07. The second-order valence-electron chi connectivity index (χ2n) is 3.91. The van der Waals surface area contributed by atoms with Crippen molar-refractivity contribution in [2.75, 3.05) is 5.32 Å². The van der Waals surface area contributed by atoms with Gasteiger partial charge in [-0.05, 0) is 12.1 Å². The van der Waals surface area contributed by atoms with Crippen molar-refractivity contribution >= 4 is 34.0 Å². The second-order valence-corrected chi connectivity index (χ2v) is 4.30. The monoisotopic (exact) mass is 272 g/mol. The van der Waals surface area contributed by atoms with Gasteiger partial charge in [0.15, 0.2) is 0 Å². The zero-order valence-corrected chi connectivity index (χ0v) is 10.5. The van der Waals surface area contributed by atoms with Crippen molar-refractivity contribution in [3.8, 4) is 0 Å². The fourth-order valence-corrected chi connectivity index (χ4v) is 2.00. The van der Waals surface area contributed by atoms with Crippen LogP contribution in [0.15, 0.2) is 47.5 Å². The van der Waals surface area contributed by atoms with E-state index in [9.17, 15) is 4.79 Å². The van der Waals surface area contributed by atoms with Crippen molar-refractivity contribution in [2.24, 2.45) is 0 Å². The lowest BCUT2D eigenvalue weighted by Crippen LogP contribution is -2.10. The van der Waals surface area contributed by atoms with Crippen LogP contribution in [0.1, 0.15) is 0 Å². The molecule has 5 nitrogen and oxygen atoms in total. The number of nitrogens with one attached hydrogen (secondary N) is 2. The van der Waals surface area contributed by atoms with E-state index in [1.54, 1.807) is 6.07 Å². The van der Waals surface area contributed by atoms with Crippen molar-refractivity contribution in [3.63, 3.8) is 0 Å². The van der Waals surface area contributed by atoms with Crippen LogP contribution in [-0.2, 0) is 0 Å². The van der Waals surface area contributed by atoms with Gasteiger partial charge in [-0.3, -0.25) is 4.79 Å². The lowest BCUT2D eigenvalue weighted by atomic mass is 10.2. The van der Waals surface area contributed by atoms with Gasteiger partial charge in [0.2, 0.25) is 0 Å². The molecule has 0 atom stereocenters. The largest absolute Gasteiger partial charge is 0.339 e. The van der Waals surface area contributed by atoms with Gasteiger partial charge in [-0.2, -0.15) is 0 Å². The first kappa shape index (κ1) is 11.7. The molecule has 6 heteroatoms. The van der Waals surface area contributed by atoms with Crippen LogP contribution >= 0.6 is 11.6 Å². The summed E-state index contributed by atoms with van der Waals surface area (Å²) in [4.78, 5) is 22.6. The Kier molecular flexibility index (Phi) is 2.89. The van der Waals surface area contributed by atoms with Gasteiger partial charge in [0.25, 0.3) is 5.56 Å². The molecule has 0 radical (unpaired) electrons. The van der Waals surface area contributed by atoms with E-state index < -0.39 is 0 Å². The molecule has 2 heterocycles. The number of pyridine rings is 1. The van der Waals surface area contributed by atoms with Gasteiger partial charge in [0.05, 0.1) is 11.8 Å². The first-order valence-corrected chi connectivity index (χ1v) is 5.98. The Hall–Kier alpha value is -2.40. The minimum Gasteiger partial charge on any atom is -0.339 e. The zero-order chi connectivity index (χ0) is 13.2. The van der Waals surface area contributed by atoms with Crippen LogP contribution in [0.2, 0.25) is 5.15 Å². The number of anilines is 2. The lowest BCUT2D eigenvalue weighted by Gasteiger charge is -2.08. The molecular formula is C13H9ClN4O. The average Bonchev–Trinajstić information content (AvgIpc) is 2.39. The number of fused-ring (bicyclic) bond motifs is 1. The van der Waals surface area contributed by atoms with Gasteiger partial charge in [0, 0.05) is 11.8 Å². The Morgan fingerprint density at radius 3 is 2.79 bits per heavy atom. The van der Waals surface area contributed by atoms with E-state index in [4.69, 9.17) is 11.6 Å². The molecule has 2 aromatic heterocycles. The van der Waals surface area contributed by atoms with Gasteiger partial charge in [-0.1, -0.05) is 29.8 Å². The topological polar surface area (TPSA) is 70.7 Å². The van der Waals surface area contributed by atoms with Crippen LogP contribution in [0.4, 0.5) is 11.5 Å². The van der Waals surface area contributed by atoms with Gasteiger partial charge >= 0.3 is 0 Å². The fraction of sp³-hybridized carbons (Fsp3) is 0.